The van der Waals surface area contributed by atoms with E-state index in [0.717, 1.165) is 22.7 Å². The SMILES string of the molecule is c1ccc(N(c2ccccc2)c2ccc(-c3cc4c(c5c6ccccc6n(-c6ccccc6)c35)-c3ccccc3C4(c3ccccc3)c3ccccc3)cc2)cc1. The van der Waals surface area contributed by atoms with Crippen molar-refractivity contribution in [2.75, 3.05) is 4.90 Å². The molecule has 0 radical (unpaired) electrons. The summed E-state index contributed by atoms with van der Waals surface area (Å²) in [6.45, 7) is 0. The lowest BCUT2D eigenvalue weighted by Gasteiger charge is -2.34. The summed E-state index contributed by atoms with van der Waals surface area (Å²) in [5.41, 5.74) is 16.4. The first kappa shape index (κ1) is 33.0. The van der Waals surface area contributed by atoms with E-state index in [0.29, 0.717) is 0 Å². The van der Waals surface area contributed by atoms with Crippen LogP contribution in [0.25, 0.3) is 49.7 Å². The third-order valence-electron chi connectivity index (χ3n) is 11.8. The molecule has 0 fully saturated rings. The summed E-state index contributed by atoms with van der Waals surface area (Å²) in [5, 5.41) is 2.53. The van der Waals surface area contributed by atoms with Gasteiger partial charge in [-0.1, -0.05) is 170 Å². The van der Waals surface area contributed by atoms with Crippen molar-refractivity contribution in [3.63, 3.8) is 0 Å². The number of benzene rings is 9. The number of fused-ring (bicyclic) bond motifs is 7. The molecule has 0 saturated heterocycles. The molecule has 1 aliphatic carbocycles. The number of rotatable bonds is 7. The summed E-state index contributed by atoms with van der Waals surface area (Å²) in [6.07, 6.45) is 0. The van der Waals surface area contributed by atoms with Crippen LogP contribution in [-0.4, -0.2) is 4.57 Å². The van der Waals surface area contributed by atoms with E-state index in [-0.39, 0.29) is 0 Å². The minimum atomic E-state index is -0.537. The van der Waals surface area contributed by atoms with Gasteiger partial charge in [0, 0.05) is 39.1 Å². The van der Waals surface area contributed by atoms with Crippen LogP contribution in [0.4, 0.5) is 17.1 Å². The average molecular weight is 727 g/mol. The van der Waals surface area contributed by atoms with Crippen LogP contribution in [0, 0.1) is 0 Å². The summed E-state index contributed by atoms with van der Waals surface area (Å²) >= 11 is 0. The van der Waals surface area contributed by atoms with Crippen molar-refractivity contribution in [3.8, 4) is 27.9 Å². The molecule has 1 aliphatic rings. The minimum absolute atomic E-state index is 0.537. The van der Waals surface area contributed by atoms with E-state index >= 15 is 0 Å². The standard InChI is InChI=1S/C55H38N2/c1-6-20-40(21-7-1)55(41-22-8-2-9-23-41)49-32-18-16-30-46(49)52-50(55)38-48(54-53(52)47-31-17-19-33-51(47)57(54)44-28-14-5-15-29-44)39-34-36-45(37-35-39)56(42-24-10-3-11-25-42)43-26-12-4-13-27-43/h1-38H. The van der Waals surface area contributed by atoms with Crippen LogP contribution >= 0.6 is 0 Å². The van der Waals surface area contributed by atoms with Gasteiger partial charge in [-0.3, -0.25) is 0 Å². The first-order valence-corrected chi connectivity index (χ1v) is 19.7. The third-order valence-corrected chi connectivity index (χ3v) is 11.8. The molecule has 1 aromatic heterocycles. The molecular weight excluding hydrogens is 689 g/mol. The molecule has 0 spiro atoms. The average Bonchev–Trinajstić information content (AvgIpc) is 3.79. The Balaban J connectivity index is 1.27. The monoisotopic (exact) mass is 726 g/mol. The maximum Gasteiger partial charge on any atom is 0.0714 e. The molecule has 0 saturated carbocycles. The van der Waals surface area contributed by atoms with E-state index in [9.17, 15) is 0 Å². The van der Waals surface area contributed by atoms with Gasteiger partial charge in [0.2, 0.25) is 0 Å². The van der Waals surface area contributed by atoms with Gasteiger partial charge in [0.15, 0.2) is 0 Å². The van der Waals surface area contributed by atoms with E-state index in [2.05, 4.69) is 240 Å². The molecule has 0 bridgehead atoms. The summed E-state index contributed by atoms with van der Waals surface area (Å²) in [5.74, 6) is 0. The highest BCUT2D eigenvalue weighted by molar-refractivity contribution is 6.22. The number of hydrogen-bond acceptors (Lipinski definition) is 1. The van der Waals surface area contributed by atoms with Gasteiger partial charge in [-0.25, -0.2) is 0 Å². The molecule has 0 amide bonds. The molecular formula is C55H38N2. The second kappa shape index (κ2) is 13.4. The van der Waals surface area contributed by atoms with Crippen molar-refractivity contribution in [1.29, 1.82) is 0 Å². The first-order valence-electron chi connectivity index (χ1n) is 19.7. The molecule has 57 heavy (non-hydrogen) atoms. The molecule has 0 aliphatic heterocycles. The zero-order chi connectivity index (χ0) is 37.8. The Labute approximate surface area is 333 Å². The first-order chi connectivity index (χ1) is 28.3. The van der Waals surface area contributed by atoms with Gasteiger partial charge in [0.1, 0.15) is 0 Å². The van der Waals surface area contributed by atoms with E-state index in [1.165, 1.54) is 66.3 Å². The van der Waals surface area contributed by atoms with Crippen molar-refractivity contribution >= 4 is 38.9 Å². The fourth-order valence-corrected chi connectivity index (χ4v) is 9.54. The second-order valence-electron chi connectivity index (χ2n) is 14.8. The fourth-order valence-electron chi connectivity index (χ4n) is 9.54. The van der Waals surface area contributed by atoms with Gasteiger partial charge >= 0.3 is 0 Å². The van der Waals surface area contributed by atoms with Crippen molar-refractivity contribution in [2.45, 2.75) is 5.41 Å². The van der Waals surface area contributed by atoms with Gasteiger partial charge in [-0.05, 0) is 99.6 Å². The van der Waals surface area contributed by atoms with Crippen LogP contribution in [0.1, 0.15) is 22.3 Å². The van der Waals surface area contributed by atoms with Gasteiger partial charge in [-0.15, -0.1) is 0 Å². The quantitative estimate of drug-likeness (QED) is 0.159. The van der Waals surface area contributed by atoms with Crippen LogP contribution in [0.5, 0.6) is 0 Å². The number of hydrogen-bond donors (Lipinski definition) is 0. The minimum Gasteiger partial charge on any atom is -0.311 e. The molecule has 0 unspecified atom stereocenters. The smallest absolute Gasteiger partial charge is 0.0714 e. The summed E-state index contributed by atoms with van der Waals surface area (Å²) in [7, 11) is 0. The van der Waals surface area contributed by atoms with Crippen molar-refractivity contribution in [2.24, 2.45) is 0 Å². The van der Waals surface area contributed by atoms with E-state index in [1.807, 2.05) is 0 Å². The molecule has 268 valence electrons. The van der Waals surface area contributed by atoms with Crippen LogP contribution in [0.3, 0.4) is 0 Å². The lowest BCUT2D eigenvalue weighted by molar-refractivity contribution is 0.769. The van der Waals surface area contributed by atoms with E-state index in [1.54, 1.807) is 0 Å². The summed E-state index contributed by atoms with van der Waals surface area (Å²) < 4.78 is 2.49. The van der Waals surface area contributed by atoms with Crippen molar-refractivity contribution < 1.29 is 0 Å². The molecule has 1 heterocycles. The molecule has 2 heteroatoms. The van der Waals surface area contributed by atoms with Crippen LogP contribution < -0.4 is 4.90 Å². The van der Waals surface area contributed by atoms with Crippen molar-refractivity contribution in [1.82, 2.24) is 4.57 Å². The predicted octanol–water partition coefficient (Wildman–Crippen LogP) is 14.3. The Morgan fingerprint density at radius 3 is 1.49 bits per heavy atom. The lowest BCUT2D eigenvalue weighted by Crippen LogP contribution is -2.28. The highest BCUT2D eigenvalue weighted by Crippen LogP contribution is 2.60. The molecule has 2 nitrogen and oxygen atoms in total. The Kier molecular flexibility index (Phi) is 7.75. The maximum absolute atomic E-state index is 2.52. The highest BCUT2D eigenvalue weighted by atomic mass is 15.1. The van der Waals surface area contributed by atoms with Crippen molar-refractivity contribution in [3.05, 3.63) is 253 Å². The summed E-state index contributed by atoms with van der Waals surface area (Å²) in [6, 6.07) is 84.1. The fraction of sp³-hybridized carbons (Fsp3) is 0.0182. The largest absolute Gasteiger partial charge is 0.311 e. The zero-order valence-electron chi connectivity index (χ0n) is 31.3. The maximum atomic E-state index is 2.52. The normalized spacial score (nSPS) is 12.7. The second-order valence-corrected chi connectivity index (χ2v) is 14.8. The molecule has 9 aromatic carbocycles. The lowest BCUT2D eigenvalue weighted by atomic mass is 9.67. The molecule has 0 N–H and O–H groups in total. The van der Waals surface area contributed by atoms with Gasteiger partial charge in [0.25, 0.3) is 0 Å². The number of aromatic nitrogens is 1. The van der Waals surface area contributed by atoms with Crippen LogP contribution in [0.15, 0.2) is 231 Å². The van der Waals surface area contributed by atoms with Gasteiger partial charge < -0.3 is 9.47 Å². The van der Waals surface area contributed by atoms with Gasteiger partial charge in [-0.2, -0.15) is 0 Å². The highest BCUT2D eigenvalue weighted by Gasteiger charge is 2.47. The van der Waals surface area contributed by atoms with Crippen LogP contribution in [0.2, 0.25) is 0 Å². The van der Waals surface area contributed by atoms with E-state index in [4.69, 9.17) is 0 Å². The number of para-hydroxylation sites is 4. The molecule has 11 rings (SSSR count). The molecule has 10 aromatic rings. The topological polar surface area (TPSA) is 8.17 Å². The van der Waals surface area contributed by atoms with Crippen LogP contribution in [-0.2, 0) is 5.41 Å². The Morgan fingerprint density at radius 1 is 0.386 bits per heavy atom. The summed E-state index contributed by atoms with van der Waals surface area (Å²) in [4.78, 5) is 2.33. The number of nitrogens with zero attached hydrogens (tertiary/aromatic N) is 2. The van der Waals surface area contributed by atoms with E-state index < -0.39 is 5.41 Å². The number of anilines is 3. The predicted molar refractivity (Wildman–Crippen MR) is 238 cm³/mol. The Morgan fingerprint density at radius 2 is 0.877 bits per heavy atom. The molecule has 0 atom stereocenters. The Bertz CT molecular complexity index is 2950. The van der Waals surface area contributed by atoms with Gasteiger partial charge in [0.05, 0.1) is 16.4 Å². The zero-order valence-corrected chi connectivity index (χ0v) is 31.3. The third kappa shape index (κ3) is 5.04. The Hall–Kier alpha value is -7.42.